The van der Waals surface area contributed by atoms with Crippen LogP contribution < -0.4 is 21.3 Å². The van der Waals surface area contributed by atoms with E-state index < -0.39 is 29.4 Å². The molecule has 0 fully saturated rings. The number of nitrogens with one attached hydrogen (secondary N) is 4. The van der Waals surface area contributed by atoms with E-state index in [1.165, 1.54) is 12.2 Å². The van der Waals surface area contributed by atoms with Crippen molar-refractivity contribution in [3.05, 3.63) is 49.9 Å². The number of aliphatic imine (C=N–C) groups is 1. The Labute approximate surface area is 215 Å². The summed E-state index contributed by atoms with van der Waals surface area (Å²) in [6, 6.07) is 2.63. The van der Waals surface area contributed by atoms with E-state index in [4.69, 9.17) is 11.6 Å². The van der Waals surface area contributed by atoms with Crippen molar-refractivity contribution in [2.24, 2.45) is 10.4 Å². The maximum Gasteiger partial charge on any atom is 0.239 e. The molecule has 3 rings (SSSR count). The van der Waals surface area contributed by atoms with E-state index in [0.29, 0.717) is 25.8 Å². The summed E-state index contributed by atoms with van der Waals surface area (Å²) in [5, 5.41) is 31.9. The van der Waals surface area contributed by atoms with Gasteiger partial charge in [0.05, 0.1) is 34.7 Å². The average Bonchev–Trinajstić information content (AvgIpc) is 2.75. The zero-order valence-corrected chi connectivity index (χ0v) is 21.5. The third-order valence-electron chi connectivity index (χ3n) is 5.39. The number of allylic oxidation sites excluding steroid dienone is 2. The minimum Gasteiger partial charge on any atom is -0.508 e. The molecule has 1 heterocycles. The highest BCUT2D eigenvalue weighted by Gasteiger charge is 2.36. The Hall–Kier alpha value is -2.54. The van der Waals surface area contributed by atoms with Gasteiger partial charge in [0.15, 0.2) is 5.96 Å². The van der Waals surface area contributed by atoms with Gasteiger partial charge in [0.2, 0.25) is 11.8 Å². The van der Waals surface area contributed by atoms with E-state index in [1.54, 1.807) is 26.0 Å². The van der Waals surface area contributed by atoms with Crippen molar-refractivity contribution in [1.82, 2.24) is 21.3 Å². The van der Waals surface area contributed by atoms with Gasteiger partial charge in [0.25, 0.3) is 0 Å². The maximum atomic E-state index is 13.2. The first-order valence-electron chi connectivity index (χ1n) is 10.5. The molecule has 2 amide bonds. The monoisotopic (exact) mass is 605 g/mol. The van der Waals surface area contributed by atoms with Crippen molar-refractivity contribution in [1.29, 1.82) is 0 Å². The average molecular weight is 606 g/mol. The van der Waals surface area contributed by atoms with Gasteiger partial charge in [0, 0.05) is 22.7 Å². The third kappa shape index (κ3) is 6.53. The minimum atomic E-state index is -1.13. The molecule has 1 aromatic rings. The molecule has 1 aliphatic carbocycles. The van der Waals surface area contributed by atoms with Gasteiger partial charge in [-0.25, -0.2) is 9.38 Å². The predicted octanol–water partition coefficient (Wildman–Crippen LogP) is 2.57. The first-order valence-corrected chi connectivity index (χ1v) is 12.0. The number of alkyl halides is 1. The lowest BCUT2D eigenvalue weighted by Gasteiger charge is -2.30. The highest BCUT2D eigenvalue weighted by molar-refractivity contribution is 14.1. The molecule has 12 heteroatoms. The molecule has 1 aliphatic heterocycles. The number of phenolic OH excluding ortho intramolecular Hbond substituents is 1. The lowest BCUT2D eigenvalue weighted by molar-refractivity contribution is -0.131. The molecule has 1 aromatic carbocycles. The first-order chi connectivity index (χ1) is 16.0. The van der Waals surface area contributed by atoms with Gasteiger partial charge >= 0.3 is 0 Å². The minimum absolute atomic E-state index is 0.0296. The lowest BCUT2D eigenvalue weighted by Crippen LogP contribution is -2.47. The van der Waals surface area contributed by atoms with Gasteiger partial charge in [-0.2, -0.15) is 0 Å². The van der Waals surface area contributed by atoms with Crippen LogP contribution in [0.4, 0.5) is 4.39 Å². The normalized spacial score (nSPS) is 23.0. The largest absolute Gasteiger partial charge is 0.508 e. The molecule has 9 nitrogen and oxygen atoms in total. The van der Waals surface area contributed by atoms with E-state index in [1.807, 2.05) is 22.6 Å². The van der Waals surface area contributed by atoms with Crippen molar-refractivity contribution in [2.75, 3.05) is 19.6 Å². The van der Waals surface area contributed by atoms with Gasteiger partial charge in [-0.05, 0) is 60.7 Å². The molecule has 0 bridgehead atoms. The number of carbonyl (C=O) groups is 2. The number of hydrogen-bond acceptors (Lipinski definition) is 7. The Kier molecular flexibility index (Phi) is 8.29. The van der Waals surface area contributed by atoms with Crippen LogP contribution in [0.1, 0.15) is 31.9 Å². The third-order valence-corrected chi connectivity index (χ3v) is 6.43. The van der Waals surface area contributed by atoms with Crippen LogP contribution in [0, 0.1) is 8.99 Å². The molecule has 0 spiro atoms. The summed E-state index contributed by atoms with van der Waals surface area (Å²) in [5.41, 5.74) is -0.153. The number of guanidine groups is 1. The number of halogens is 3. The Morgan fingerprint density at radius 2 is 2.15 bits per heavy atom. The van der Waals surface area contributed by atoms with Crippen LogP contribution in [0.15, 0.2) is 40.7 Å². The molecular weight excluding hydrogens is 580 g/mol. The van der Waals surface area contributed by atoms with Gasteiger partial charge in [0.1, 0.15) is 17.7 Å². The van der Waals surface area contributed by atoms with Crippen LogP contribution in [0.3, 0.4) is 0 Å². The summed E-state index contributed by atoms with van der Waals surface area (Å²) in [4.78, 5) is 29.4. The lowest BCUT2D eigenvalue weighted by atomic mass is 9.80. The highest BCUT2D eigenvalue weighted by Crippen LogP contribution is 2.33. The summed E-state index contributed by atoms with van der Waals surface area (Å²) in [6.07, 6.45) is 2.02. The molecule has 0 saturated heterocycles. The van der Waals surface area contributed by atoms with Crippen molar-refractivity contribution < 1.29 is 24.2 Å². The van der Waals surface area contributed by atoms with Crippen LogP contribution in [-0.2, 0) is 9.59 Å². The number of hydrogen-bond donors (Lipinski definition) is 6. The van der Waals surface area contributed by atoms with Crippen LogP contribution in [0.25, 0.3) is 0 Å². The molecular formula is C22H26ClFIN5O4. The molecule has 0 saturated carbocycles. The van der Waals surface area contributed by atoms with E-state index in [2.05, 4.69) is 26.3 Å². The molecule has 3 atom stereocenters. The highest BCUT2D eigenvalue weighted by atomic mass is 127. The fraction of sp³-hybridized carbons (Fsp3) is 0.409. The van der Waals surface area contributed by atoms with Crippen molar-refractivity contribution in [3.63, 3.8) is 0 Å². The van der Waals surface area contributed by atoms with E-state index in [9.17, 15) is 24.2 Å². The molecule has 0 aromatic heterocycles. The molecule has 2 unspecified atom stereocenters. The molecule has 2 aliphatic rings. The molecule has 6 N–H and O–H groups in total. The number of benzene rings is 1. The summed E-state index contributed by atoms with van der Waals surface area (Å²) in [5.74, 6) is -0.640. The second kappa shape index (κ2) is 10.8. The second-order valence-electron chi connectivity index (χ2n) is 8.42. The number of rotatable bonds is 6. The van der Waals surface area contributed by atoms with Gasteiger partial charge in [-0.15, -0.1) is 0 Å². The summed E-state index contributed by atoms with van der Waals surface area (Å²) in [7, 11) is 0. The van der Waals surface area contributed by atoms with Gasteiger partial charge < -0.3 is 31.5 Å². The number of carbonyl (C=O) groups excluding carboxylic acids is 2. The summed E-state index contributed by atoms with van der Waals surface area (Å²) >= 11 is 8.00. The number of aliphatic hydroxyl groups excluding tert-OH is 1. The van der Waals surface area contributed by atoms with Crippen LogP contribution >= 0.6 is 34.2 Å². The summed E-state index contributed by atoms with van der Waals surface area (Å²) in [6.45, 7) is 3.18. The van der Waals surface area contributed by atoms with Crippen molar-refractivity contribution >= 4 is 52.0 Å². The fourth-order valence-corrected chi connectivity index (χ4v) is 4.73. The first kappa shape index (κ1) is 26.1. The number of nitrogens with zero attached hydrogens (tertiary/aromatic N) is 1. The number of aliphatic hydroxyl groups is 1. The smallest absolute Gasteiger partial charge is 0.239 e. The zero-order chi connectivity index (χ0) is 25.0. The topological polar surface area (TPSA) is 135 Å². The fourth-order valence-electron chi connectivity index (χ4n) is 3.67. The number of phenols is 1. The molecule has 34 heavy (non-hydrogen) atoms. The van der Waals surface area contributed by atoms with Gasteiger partial charge in [-0.1, -0.05) is 11.6 Å². The maximum absolute atomic E-state index is 13.2. The second-order valence-corrected chi connectivity index (χ2v) is 10.0. The Morgan fingerprint density at radius 1 is 1.41 bits per heavy atom. The zero-order valence-electron chi connectivity index (χ0n) is 18.6. The van der Waals surface area contributed by atoms with Crippen LogP contribution in [0.5, 0.6) is 5.75 Å². The Balaban J connectivity index is 1.57. The van der Waals surface area contributed by atoms with Crippen LogP contribution in [-0.4, -0.2) is 53.8 Å². The SMILES string of the molecule is C[C@@H](NC(=O)CNC(=O)C1(C)C=C(O)C=C(NC2=NCC(F)CN2)C1)c1cc(Cl)cc(I)c1O. The van der Waals surface area contributed by atoms with Crippen molar-refractivity contribution in [2.45, 2.75) is 32.5 Å². The number of aromatic hydroxyl groups is 1. The Morgan fingerprint density at radius 3 is 2.82 bits per heavy atom. The van der Waals surface area contributed by atoms with Crippen LogP contribution in [0.2, 0.25) is 5.02 Å². The summed E-state index contributed by atoms with van der Waals surface area (Å²) < 4.78 is 13.8. The van der Waals surface area contributed by atoms with Gasteiger partial charge in [-0.3, -0.25) is 9.59 Å². The standard InChI is InChI=1S/C22H26ClFIN5O4/c1-11(16-3-12(23)4-17(25)19(16)33)29-18(32)10-26-20(34)22(2)6-14(5-15(31)7-22)30-21-27-8-13(24)9-28-21/h3-5,7,11,13,31,33H,6,8-10H2,1-2H3,(H,26,34)(H,29,32)(H2,27,28,30)/t11-,22?/m1/s1. The molecule has 0 radical (unpaired) electrons. The van der Waals surface area contributed by atoms with Crippen molar-refractivity contribution in [3.8, 4) is 5.75 Å². The molecule has 184 valence electrons. The number of amides is 2. The predicted molar refractivity (Wildman–Crippen MR) is 135 cm³/mol. The van der Waals surface area contributed by atoms with E-state index in [-0.39, 0.29) is 37.6 Å². The quantitative estimate of drug-likeness (QED) is 0.276. The Bertz CT molecular complexity index is 1080. The van der Waals surface area contributed by atoms with E-state index >= 15 is 0 Å². The van der Waals surface area contributed by atoms with E-state index in [0.717, 1.165) is 0 Å².